The van der Waals surface area contributed by atoms with Gasteiger partial charge in [-0.2, -0.15) is 0 Å². The number of aliphatic carboxylic acids is 2. The molecule has 4 atom stereocenters. The van der Waals surface area contributed by atoms with Crippen molar-refractivity contribution in [1.29, 1.82) is 0 Å². The monoisotopic (exact) mass is 419 g/mol. The van der Waals surface area contributed by atoms with E-state index in [0.29, 0.717) is 0 Å². The van der Waals surface area contributed by atoms with Crippen LogP contribution in [0.1, 0.15) is 26.2 Å². The highest BCUT2D eigenvalue weighted by molar-refractivity contribution is 5.93. The summed E-state index contributed by atoms with van der Waals surface area (Å²) in [6, 6.07) is -4.42. The smallest absolute Gasteiger partial charge is 0.326 e. The number of primary amides is 1. The summed E-state index contributed by atoms with van der Waals surface area (Å²) in [7, 11) is 0. The summed E-state index contributed by atoms with van der Waals surface area (Å²) in [6.45, 7) is 0.469. The van der Waals surface area contributed by atoms with Gasteiger partial charge in [0, 0.05) is 6.42 Å². The number of carbonyl (C=O) groups is 6. The molecule has 164 valence electrons. The van der Waals surface area contributed by atoms with Crippen LogP contribution < -0.4 is 27.4 Å². The Kier molecular flexibility index (Phi) is 10.9. The third kappa shape index (κ3) is 10.6. The van der Waals surface area contributed by atoms with Crippen LogP contribution >= 0.6 is 0 Å². The van der Waals surface area contributed by atoms with Crippen LogP contribution in [-0.2, 0) is 28.8 Å². The standard InChI is InChI=1S/C15H25N5O9/c1-6(21)12(20-13(26)7(16)4-11(24)25)14(27)18-5-10(23)19-8(15(28)29)2-3-9(17)22/h6-8,12,21H,2-5,16H2,1H3,(H2,17,22)(H,18,27)(H,19,23)(H,20,26)(H,24,25)(H,28,29). The molecule has 0 aliphatic carbocycles. The molecule has 0 bridgehead atoms. The number of carboxylic acids is 2. The number of nitrogens with one attached hydrogen (secondary N) is 3. The minimum atomic E-state index is -1.54. The molecule has 0 aromatic rings. The lowest BCUT2D eigenvalue weighted by Crippen LogP contribution is -2.57. The summed E-state index contributed by atoms with van der Waals surface area (Å²) in [5.41, 5.74) is 10.3. The Labute approximate surface area is 165 Å². The predicted octanol–water partition coefficient (Wildman–Crippen LogP) is -4.39. The molecule has 0 radical (unpaired) electrons. The van der Waals surface area contributed by atoms with Gasteiger partial charge >= 0.3 is 11.9 Å². The Hall–Kier alpha value is -3.26. The van der Waals surface area contributed by atoms with Crippen molar-refractivity contribution in [2.45, 2.75) is 50.4 Å². The highest BCUT2D eigenvalue weighted by Gasteiger charge is 2.29. The second-order valence-corrected chi connectivity index (χ2v) is 6.11. The summed E-state index contributed by atoms with van der Waals surface area (Å²) in [5, 5.41) is 33.5. The lowest BCUT2D eigenvalue weighted by molar-refractivity contribution is -0.142. The van der Waals surface area contributed by atoms with E-state index in [2.05, 4.69) is 16.0 Å². The molecular formula is C15H25N5O9. The van der Waals surface area contributed by atoms with Gasteiger partial charge < -0.3 is 42.7 Å². The summed E-state index contributed by atoms with van der Waals surface area (Å²) < 4.78 is 0. The van der Waals surface area contributed by atoms with Crippen LogP contribution in [0.2, 0.25) is 0 Å². The first-order valence-electron chi connectivity index (χ1n) is 8.39. The molecule has 0 aromatic heterocycles. The predicted molar refractivity (Wildman–Crippen MR) is 94.8 cm³/mol. The van der Waals surface area contributed by atoms with Gasteiger partial charge in [-0.1, -0.05) is 0 Å². The third-order valence-electron chi connectivity index (χ3n) is 3.53. The molecule has 0 spiro atoms. The largest absolute Gasteiger partial charge is 0.481 e. The maximum absolute atomic E-state index is 12.1. The zero-order valence-electron chi connectivity index (χ0n) is 15.6. The van der Waals surface area contributed by atoms with Crippen LogP contribution in [0.4, 0.5) is 0 Å². The van der Waals surface area contributed by atoms with Gasteiger partial charge in [-0.15, -0.1) is 0 Å². The minimum Gasteiger partial charge on any atom is -0.481 e. The first kappa shape index (κ1) is 25.7. The number of hydrogen-bond donors (Lipinski definition) is 8. The van der Waals surface area contributed by atoms with Crippen molar-refractivity contribution in [3.63, 3.8) is 0 Å². The lowest BCUT2D eigenvalue weighted by Gasteiger charge is -2.22. The second kappa shape index (κ2) is 12.2. The van der Waals surface area contributed by atoms with E-state index in [1.807, 2.05) is 0 Å². The van der Waals surface area contributed by atoms with Gasteiger partial charge in [0.2, 0.25) is 23.6 Å². The zero-order chi connectivity index (χ0) is 22.7. The first-order valence-corrected chi connectivity index (χ1v) is 8.39. The maximum Gasteiger partial charge on any atom is 0.326 e. The van der Waals surface area contributed by atoms with Crippen molar-refractivity contribution in [1.82, 2.24) is 16.0 Å². The zero-order valence-corrected chi connectivity index (χ0v) is 15.6. The number of rotatable bonds is 13. The highest BCUT2D eigenvalue weighted by Crippen LogP contribution is 1.98. The van der Waals surface area contributed by atoms with E-state index in [1.54, 1.807) is 0 Å². The topological polar surface area (TPSA) is 251 Å². The van der Waals surface area contributed by atoms with Crippen molar-refractivity contribution in [3.8, 4) is 0 Å². The molecule has 4 unspecified atom stereocenters. The van der Waals surface area contributed by atoms with Crippen LogP contribution in [0.3, 0.4) is 0 Å². The van der Waals surface area contributed by atoms with Crippen LogP contribution in [0.5, 0.6) is 0 Å². The molecular weight excluding hydrogens is 394 g/mol. The highest BCUT2D eigenvalue weighted by atomic mass is 16.4. The van der Waals surface area contributed by atoms with Crippen LogP contribution in [-0.4, -0.2) is 81.7 Å². The number of aliphatic hydroxyl groups excluding tert-OH is 1. The molecule has 14 heteroatoms. The Morgan fingerprint density at radius 1 is 1.00 bits per heavy atom. The van der Waals surface area contributed by atoms with E-state index in [4.69, 9.17) is 21.7 Å². The molecule has 0 aliphatic heterocycles. The average Bonchev–Trinajstić information content (AvgIpc) is 2.59. The normalized spacial score (nSPS) is 14.6. The van der Waals surface area contributed by atoms with Crippen molar-refractivity contribution in [2.24, 2.45) is 11.5 Å². The van der Waals surface area contributed by atoms with Crippen molar-refractivity contribution < 1.29 is 44.1 Å². The second-order valence-electron chi connectivity index (χ2n) is 6.11. The molecule has 0 rings (SSSR count). The Morgan fingerprint density at radius 2 is 1.59 bits per heavy atom. The fraction of sp³-hybridized carbons (Fsp3) is 0.600. The molecule has 0 heterocycles. The van der Waals surface area contributed by atoms with E-state index in [1.165, 1.54) is 0 Å². The Balaban J connectivity index is 4.76. The summed E-state index contributed by atoms with van der Waals surface area (Å²) in [4.78, 5) is 68.1. The number of amides is 4. The van der Waals surface area contributed by atoms with E-state index < -0.39 is 72.8 Å². The molecule has 0 aliphatic rings. The van der Waals surface area contributed by atoms with Gasteiger partial charge in [-0.25, -0.2) is 4.79 Å². The number of aliphatic hydroxyl groups is 1. The molecule has 0 saturated carbocycles. The molecule has 14 nitrogen and oxygen atoms in total. The summed E-state index contributed by atoms with van der Waals surface area (Å²) in [5.74, 6) is -6.41. The third-order valence-corrected chi connectivity index (χ3v) is 3.53. The SMILES string of the molecule is CC(O)C(NC(=O)C(N)CC(=O)O)C(=O)NCC(=O)NC(CCC(N)=O)C(=O)O. The molecule has 4 amide bonds. The van der Waals surface area contributed by atoms with Gasteiger partial charge in [0.15, 0.2) is 0 Å². The van der Waals surface area contributed by atoms with Crippen molar-refractivity contribution in [2.75, 3.05) is 6.54 Å². The van der Waals surface area contributed by atoms with Gasteiger partial charge in [0.25, 0.3) is 0 Å². The van der Waals surface area contributed by atoms with Crippen molar-refractivity contribution >= 4 is 35.6 Å². The van der Waals surface area contributed by atoms with E-state index in [0.717, 1.165) is 6.92 Å². The molecule has 0 fully saturated rings. The molecule has 0 saturated heterocycles. The van der Waals surface area contributed by atoms with Gasteiger partial charge in [-0.3, -0.25) is 24.0 Å². The van der Waals surface area contributed by atoms with Crippen molar-refractivity contribution in [3.05, 3.63) is 0 Å². The van der Waals surface area contributed by atoms with E-state index in [9.17, 15) is 33.9 Å². The summed E-state index contributed by atoms with van der Waals surface area (Å²) in [6.07, 6.45) is -2.65. The number of carbonyl (C=O) groups excluding carboxylic acids is 4. The summed E-state index contributed by atoms with van der Waals surface area (Å²) >= 11 is 0. The lowest BCUT2D eigenvalue weighted by atomic mass is 10.1. The van der Waals surface area contributed by atoms with Gasteiger partial charge in [0.1, 0.15) is 12.1 Å². The molecule has 0 aromatic carbocycles. The first-order chi connectivity index (χ1) is 13.3. The Bertz CT molecular complexity index is 652. The Morgan fingerprint density at radius 3 is 2.03 bits per heavy atom. The minimum absolute atomic E-state index is 0.252. The van der Waals surface area contributed by atoms with Crippen LogP contribution in [0, 0.1) is 0 Å². The van der Waals surface area contributed by atoms with E-state index >= 15 is 0 Å². The van der Waals surface area contributed by atoms with E-state index in [-0.39, 0.29) is 12.8 Å². The number of nitrogens with two attached hydrogens (primary N) is 2. The van der Waals surface area contributed by atoms with Gasteiger partial charge in [0.05, 0.1) is 25.1 Å². The fourth-order valence-corrected chi connectivity index (χ4v) is 2.01. The number of carboxylic acid groups (broad SMARTS) is 2. The van der Waals surface area contributed by atoms with Gasteiger partial charge in [-0.05, 0) is 13.3 Å². The van der Waals surface area contributed by atoms with Crippen LogP contribution in [0.25, 0.3) is 0 Å². The fourth-order valence-electron chi connectivity index (χ4n) is 2.01. The van der Waals surface area contributed by atoms with Crippen LogP contribution in [0.15, 0.2) is 0 Å². The molecule has 10 N–H and O–H groups in total. The molecule has 29 heavy (non-hydrogen) atoms. The quantitative estimate of drug-likeness (QED) is 0.142. The average molecular weight is 419 g/mol. The number of hydrogen-bond acceptors (Lipinski definition) is 8. The maximum atomic E-state index is 12.1.